The molecule has 6 heteroatoms. The molecule has 6 nitrogen and oxygen atoms in total. The molecule has 1 spiro atoms. The number of nitro groups is 1. The Labute approximate surface area is 129 Å². The van der Waals surface area contributed by atoms with E-state index in [1.54, 1.807) is 12.1 Å². The summed E-state index contributed by atoms with van der Waals surface area (Å²) in [5.41, 5.74) is 1.13. The van der Waals surface area contributed by atoms with Crippen molar-refractivity contribution in [3.63, 3.8) is 0 Å². The minimum atomic E-state index is -0.372. The Balaban J connectivity index is 2.03. The molecule has 2 aliphatic rings. The minimum Gasteiger partial charge on any atom is -0.360 e. The van der Waals surface area contributed by atoms with E-state index < -0.39 is 0 Å². The zero-order chi connectivity index (χ0) is 15.7. The molecule has 0 unspecified atom stereocenters. The van der Waals surface area contributed by atoms with Crippen molar-refractivity contribution in [1.29, 1.82) is 0 Å². The van der Waals surface area contributed by atoms with Crippen LogP contribution in [0.1, 0.15) is 48.9 Å². The van der Waals surface area contributed by atoms with E-state index in [-0.39, 0.29) is 22.1 Å². The fourth-order valence-corrected chi connectivity index (χ4v) is 4.05. The van der Waals surface area contributed by atoms with Crippen LogP contribution in [0, 0.1) is 10.1 Å². The van der Waals surface area contributed by atoms with E-state index in [2.05, 4.69) is 10.2 Å². The van der Waals surface area contributed by atoms with Gasteiger partial charge < -0.3 is 10.2 Å². The first-order valence-corrected chi connectivity index (χ1v) is 7.86. The van der Waals surface area contributed by atoms with Crippen LogP contribution in [-0.2, 0) is 0 Å². The third kappa shape index (κ3) is 2.32. The molecule has 1 saturated heterocycles. The maximum atomic E-state index is 11.7. The molecule has 1 aliphatic heterocycles. The van der Waals surface area contributed by atoms with Crippen molar-refractivity contribution in [3.05, 3.63) is 33.9 Å². The van der Waals surface area contributed by atoms with Crippen molar-refractivity contribution in [3.8, 4) is 0 Å². The standard InChI is InChI=1S/C16H21N3O3/c1-17-15(20)12-5-6-13(14(11-12)19(21)22)18-10-4-9-16(18)7-2-3-8-16/h5-6,11H,2-4,7-10H2,1H3,(H,17,20). The van der Waals surface area contributed by atoms with Crippen LogP contribution in [-0.4, -0.2) is 30.0 Å². The van der Waals surface area contributed by atoms with E-state index in [0.29, 0.717) is 11.3 Å². The van der Waals surface area contributed by atoms with Gasteiger partial charge in [-0.15, -0.1) is 0 Å². The van der Waals surface area contributed by atoms with Crippen LogP contribution < -0.4 is 10.2 Å². The average Bonchev–Trinajstić information content (AvgIpc) is 3.16. The maximum Gasteiger partial charge on any atom is 0.293 e. The molecule has 1 aliphatic carbocycles. The number of hydrogen-bond donors (Lipinski definition) is 1. The first-order valence-electron chi connectivity index (χ1n) is 7.86. The van der Waals surface area contributed by atoms with Gasteiger partial charge in [-0.3, -0.25) is 14.9 Å². The smallest absolute Gasteiger partial charge is 0.293 e. The van der Waals surface area contributed by atoms with Gasteiger partial charge in [-0.05, 0) is 37.8 Å². The molecule has 118 valence electrons. The fourth-order valence-electron chi connectivity index (χ4n) is 4.05. The van der Waals surface area contributed by atoms with Crippen molar-refractivity contribution in [2.24, 2.45) is 0 Å². The second kappa shape index (κ2) is 5.59. The Morgan fingerprint density at radius 1 is 1.27 bits per heavy atom. The lowest BCUT2D eigenvalue weighted by Gasteiger charge is -2.36. The van der Waals surface area contributed by atoms with E-state index in [9.17, 15) is 14.9 Å². The largest absolute Gasteiger partial charge is 0.360 e. The number of carbonyl (C=O) groups excluding carboxylic acids is 1. The summed E-state index contributed by atoms with van der Waals surface area (Å²) in [6, 6.07) is 4.82. The summed E-state index contributed by atoms with van der Waals surface area (Å²) < 4.78 is 0. The van der Waals surface area contributed by atoms with Gasteiger partial charge in [0.25, 0.3) is 11.6 Å². The summed E-state index contributed by atoms with van der Waals surface area (Å²) in [6.07, 6.45) is 6.81. The van der Waals surface area contributed by atoms with Gasteiger partial charge in [-0.25, -0.2) is 0 Å². The van der Waals surface area contributed by atoms with Crippen LogP contribution in [0.25, 0.3) is 0 Å². The summed E-state index contributed by atoms with van der Waals surface area (Å²) in [5, 5.41) is 14.0. The van der Waals surface area contributed by atoms with Crippen LogP contribution in [0.3, 0.4) is 0 Å². The highest BCUT2D eigenvalue weighted by Crippen LogP contribution is 2.47. The number of nitrogens with zero attached hydrogens (tertiary/aromatic N) is 2. The molecule has 1 aromatic rings. The Kier molecular flexibility index (Phi) is 3.76. The van der Waals surface area contributed by atoms with E-state index in [1.165, 1.54) is 26.0 Å². The summed E-state index contributed by atoms with van der Waals surface area (Å²) >= 11 is 0. The van der Waals surface area contributed by atoms with Gasteiger partial charge in [-0.1, -0.05) is 12.8 Å². The van der Waals surface area contributed by atoms with Crippen molar-refractivity contribution >= 4 is 17.3 Å². The predicted molar refractivity (Wildman–Crippen MR) is 84.3 cm³/mol. The molecule has 1 aromatic carbocycles. The lowest BCUT2D eigenvalue weighted by atomic mass is 9.93. The first kappa shape index (κ1) is 14.8. The number of nitro benzene ring substituents is 1. The lowest BCUT2D eigenvalue weighted by Crippen LogP contribution is -2.41. The molecule has 0 radical (unpaired) electrons. The molecule has 0 bridgehead atoms. The quantitative estimate of drug-likeness (QED) is 0.688. The summed E-state index contributed by atoms with van der Waals surface area (Å²) in [5.74, 6) is -0.299. The van der Waals surface area contributed by atoms with Crippen molar-refractivity contribution in [2.45, 2.75) is 44.1 Å². The summed E-state index contributed by atoms with van der Waals surface area (Å²) in [6.45, 7) is 0.861. The van der Waals surface area contributed by atoms with E-state index >= 15 is 0 Å². The molecular formula is C16H21N3O3. The average molecular weight is 303 g/mol. The van der Waals surface area contributed by atoms with Gasteiger partial charge >= 0.3 is 0 Å². The normalized spacial score (nSPS) is 19.6. The lowest BCUT2D eigenvalue weighted by molar-refractivity contribution is -0.384. The predicted octanol–water partition coefficient (Wildman–Crippen LogP) is 2.87. The zero-order valence-electron chi connectivity index (χ0n) is 12.8. The van der Waals surface area contributed by atoms with Crippen LogP contribution in [0.2, 0.25) is 0 Å². The van der Waals surface area contributed by atoms with Gasteiger partial charge in [0.05, 0.1) is 4.92 Å². The zero-order valence-corrected chi connectivity index (χ0v) is 12.8. The number of nitrogens with one attached hydrogen (secondary N) is 1. The second-order valence-electron chi connectivity index (χ2n) is 6.23. The first-order chi connectivity index (χ1) is 10.6. The number of carbonyl (C=O) groups is 1. The van der Waals surface area contributed by atoms with Gasteiger partial charge in [0.2, 0.25) is 0 Å². The molecule has 1 heterocycles. The highest BCUT2D eigenvalue weighted by molar-refractivity contribution is 5.95. The Morgan fingerprint density at radius 3 is 2.59 bits per heavy atom. The molecule has 0 aromatic heterocycles. The van der Waals surface area contributed by atoms with E-state index in [1.807, 2.05) is 0 Å². The number of rotatable bonds is 3. The molecule has 1 N–H and O–H groups in total. The fraction of sp³-hybridized carbons (Fsp3) is 0.562. The SMILES string of the molecule is CNC(=O)c1ccc(N2CCCC23CCCC3)c([N+](=O)[O-])c1. The number of amides is 1. The van der Waals surface area contributed by atoms with Crippen molar-refractivity contribution in [1.82, 2.24) is 5.32 Å². The van der Waals surface area contributed by atoms with E-state index in [0.717, 1.165) is 32.2 Å². The molecule has 0 atom stereocenters. The van der Waals surface area contributed by atoms with E-state index in [4.69, 9.17) is 0 Å². The summed E-state index contributed by atoms with van der Waals surface area (Å²) in [7, 11) is 1.52. The third-order valence-corrected chi connectivity index (χ3v) is 5.08. The Morgan fingerprint density at radius 2 is 1.95 bits per heavy atom. The van der Waals surface area contributed by atoms with Crippen LogP contribution in [0.15, 0.2) is 18.2 Å². The molecule has 1 saturated carbocycles. The number of anilines is 1. The Hall–Kier alpha value is -2.11. The topological polar surface area (TPSA) is 75.5 Å². The Bertz CT molecular complexity index is 603. The number of hydrogen-bond acceptors (Lipinski definition) is 4. The molecular weight excluding hydrogens is 282 g/mol. The molecule has 22 heavy (non-hydrogen) atoms. The highest BCUT2D eigenvalue weighted by Gasteiger charge is 2.44. The van der Waals surface area contributed by atoms with Crippen molar-refractivity contribution < 1.29 is 9.72 Å². The molecule has 1 amide bonds. The molecule has 3 rings (SSSR count). The van der Waals surface area contributed by atoms with Gasteiger partial charge in [0.1, 0.15) is 5.69 Å². The molecule has 2 fully saturated rings. The van der Waals surface area contributed by atoms with Crippen LogP contribution in [0.4, 0.5) is 11.4 Å². The van der Waals surface area contributed by atoms with Crippen LogP contribution >= 0.6 is 0 Å². The second-order valence-corrected chi connectivity index (χ2v) is 6.23. The highest BCUT2D eigenvalue weighted by atomic mass is 16.6. The van der Waals surface area contributed by atoms with Gasteiger partial charge in [-0.2, -0.15) is 0 Å². The third-order valence-electron chi connectivity index (χ3n) is 5.08. The number of benzene rings is 1. The minimum absolute atomic E-state index is 0.0364. The van der Waals surface area contributed by atoms with Gasteiger partial charge in [0, 0.05) is 30.8 Å². The maximum absolute atomic E-state index is 11.7. The van der Waals surface area contributed by atoms with Crippen LogP contribution in [0.5, 0.6) is 0 Å². The monoisotopic (exact) mass is 303 g/mol. The summed E-state index contributed by atoms with van der Waals surface area (Å²) in [4.78, 5) is 25.1. The van der Waals surface area contributed by atoms with Gasteiger partial charge in [0.15, 0.2) is 0 Å². The van der Waals surface area contributed by atoms with Crippen molar-refractivity contribution in [2.75, 3.05) is 18.5 Å².